The molecule has 1 aromatic rings. The Balaban J connectivity index is 1.50. The van der Waals surface area contributed by atoms with Crippen LogP contribution in [0.5, 0.6) is 17.2 Å². The van der Waals surface area contributed by atoms with E-state index in [4.69, 9.17) is 14.2 Å². The first kappa shape index (κ1) is 13.2. The predicted molar refractivity (Wildman–Crippen MR) is 78.9 cm³/mol. The van der Waals surface area contributed by atoms with Gasteiger partial charge in [-0.2, -0.15) is 0 Å². The van der Waals surface area contributed by atoms with Crippen molar-refractivity contribution in [3.8, 4) is 17.2 Å². The zero-order valence-electron chi connectivity index (χ0n) is 12.4. The Labute approximate surface area is 125 Å². The van der Waals surface area contributed by atoms with E-state index in [0.29, 0.717) is 6.04 Å². The molecule has 3 aliphatic rings. The second-order valence-corrected chi connectivity index (χ2v) is 6.19. The van der Waals surface area contributed by atoms with Crippen LogP contribution in [0, 0.1) is 5.92 Å². The highest BCUT2D eigenvalue weighted by molar-refractivity contribution is 5.55. The molecule has 3 aliphatic heterocycles. The number of piperidine rings is 1. The van der Waals surface area contributed by atoms with Crippen molar-refractivity contribution in [2.45, 2.75) is 25.4 Å². The maximum absolute atomic E-state index is 5.51. The minimum Gasteiger partial charge on any atom is -0.493 e. The van der Waals surface area contributed by atoms with E-state index in [1.165, 1.54) is 31.5 Å². The normalized spacial score (nSPS) is 27.7. The van der Waals surface area contributed by atoms with Gasteiger partial charge in [0.1, 0.15) is 0 Å². The molecule has 4 rings (SSSR count). The summed E-state index contributed by atoms with van der Waals surface area (Å²) in [5.41, 5.74) is 1.23. The topological polar surface area (TPSA) is 43.0 Å². The van der Waals surface area contributed by atoms with Crippen LogP contribution < -0.4 is 19.5 Å². The van der Waals surface area contributed by atoms with E-state index in [1.807, 2.05) is 0 Å². The lowest BCUT2D eigenvalue weighted by Gasteiger charge is -2.24. The molecule has 1 aromatic carbocycles. The number of rotatable bonds is 3. The van der Waals surface area contributed by atoms with Crippen molar-refractivity contribution >= 4 is 0 Å². The number of methoxy groups -OCH3 is 1. The monoisotopic (exact) mass is 290 g/mol. The van der Waals surface area contributed by atoms with Gasteiger partial charge in [0.05, 0.1) is 7.11 Å². The van der Waals surface area contributed by atoms with Gasteiger partial charge >= 0.3 is 0 Å². The van der Waals surface area contributed by atoms with Gasteiger partial charge in [-0.1, -0.05) is 0 Å². The van der Waals surface area contributed by atoms with Crippen molar-refractivity contribution in [2.24, 2.45) is 5.92 Å². The van der Waals surface area contributed by atoms with E-state index >= 15 is 0 Å². The number of nitrogens with one attached hydrogen (secondary N) is 1. The summed E-state index contributed by atoms with van der Waals surface area (Å²) in [6.07, 6.45) is 2.67. The Kier molecular flexibility index (Phi) is 3.39. The number of hydrogen-bond acceptors (Lipinski definition) is 5. The zero-order valence-corrected chi connectivity index (χ0v) is 12.4. The molecule has 5 nitrogen and oxygen atoms in total. The fourth-order valence-electron chi connectivity index (χ4n) is 3.80. The molecule has 114 valence electrons. The van der Waals surface area contributed by atoms with Crippen LogP contribution in [0.1, 0.15) is 18.4 Å². The van der Waals surface area contributed by atoms with Crippen molar-refractivity contribution < 1.29 is 14.2 Å². The Hall–Kier alpha value is -1.46. The van der Waals surface area contributed by atoms with Crippen LogP contribution in [-0.2, 0) is 6.54 Å². The summed E-state index contributed by atoms with van der Waals surface area (Å²) < 4.78 is 16.4. The lowest BCUT2D eigenvalue weighted by atomic mass is 9.94. The van der Waals surface area contributed by atoms with Crippen LogP contribution in [0.2, 0.25) is 0 Å². The van der Waals surface area contributed by atoms with Crippen molar-refractivity contribution in [2.75, 3.05) is 33.5 Å². The lowest BCUT2D eigenvalue weighted by molar-refractivity contribution is 0.171. The molecule has 2 saturated heterocycles. The van der Waals surface area contributed by atoms with Crippen LogP contribution in [-0.4, -0.2) is 44.5 Å². The molecule has 0 radical (unpaired) electrons. The smallest absolute Gasteiger partial charge is 0.231 e. The summed E-state index contributed by atoms with van der Waals surface area (Å²) in [5, 5.41) is 3.65. The molecule has 5 heteroatoms. The van der Waals surface area contributed by atoms with Crippen molar-refractivity contribution in [1.29, 1.82) is 0 Å². The fraction of sp³-hybridized carbons (Fsp3) is 0.625. The van der Waals surface area contributed by atoms with Gasteiger partial charge in [0.25, 0.3) is 0 Å². The second-order valence-electron chi connectivity index (χ2n) is 6.19. The van der Waals surface area contributed by atoms with Crippen molar-refractivity contribution in [1.82, 2.24) is 10.2 Å². The summed E-state index contributed by atoms with van der Waals surface area (Å²) in [6, 6.07) is 4.83. The summed E-state index contributed by atoms with van der Waals surface area (Å²) in [7, 11) is 1.68. The Bertz CT molecular complexity index is 520. The van der Waals surface area contributed by atoms with Crippen LogP contribution in [0.3, 0.4) is 0 Å². The first-order chi connectivity index (χ1) is 10.3. The van der Waals surface area contributed by atoms with Gasteiger partial charge in [0.2, 0.25) is 12.5 Å². The average molecular weight is 290 g/mol. The van der Waals surface area contributed by atoms with E-state index in [9.17, 15) is 0 Å². The van der Waals surface area contributed by atoms with E-state index in [0.717, 1.165) is 36.3 Å². The average Bonchev–Trinajstić information content (AvgIpc) is 3.11. The lowest BCUT2D eigenvalue weighted by Crippen LogP contribution is -2.40. The first-order valence-electron chi connectivity index (χ1n) is 7.76. The Morgan fingerprint density at radius 1 is 1.33 bits per heavy atom. The molecular weight excluding hydrogens is 268 g/mol. The molecule has 0 unspecified atom stereocenters. The Morgan fingerprint density at radius 2 is 2.29 bits per heavy atom. The highest BCUT2D eigenvalue weighted by Gasteiger charge is 2.34. The molecule has 0 aromatic heterocycles. The SMILES string of the molecule is COc1cc(CN2C[C@@H]3CCCN[C@@H]3C2)cc2c1OCO2. The molecule has 2 fully saturated rings. The van der Waals surface area contributed by atoms with E-state index in [2.05, 4.69) is 22.3 Å². The molecule has 1 N–H and O–H groups in total. The number of ether oxygens (including phenoxy) is 3. The number of likely N-dealkylation sites (tertiary alicyclic amines) is 1. The summed E-state index contributed by atoms with van der Waals surface area (Å²) in [5.74, 6) is 3.13. The minimum absolute atomic E-state index is 0.285. The highest BCUT2D eigenvalue weighted by atomic mass is 16.7. The van der Waals surface area contributed by atoms with E-state index in [-0.39, 0.29) is 6.79 Å². The molecule has 0 saturated carbocycles. The van der Waals surface area contributed by atoms with Crippen LogP contribution in [0.4, 0.5) is 0 Å². The molecule has 21 heavy (non-hydrogen) atoms. The van der Waals surface area contributed by atoms with Gasteiger partial charge in [-0.3, -0.25) is 4.90 Å². The van der Waals surface area contributed by atoms with Crippen molar-refractivity contribution in [3.63, 3.8) is 0 Å². The fourth-order valence-corrected chi connectivity index (χ4v) is 3.80. The highest BCUT2D eigenvalue weighted by Crippen LogP contribution is 2.42. The minimum atomic E-state index is 0.285. The number of nitrogens with zero attached hydrogens (tertiary/aromatic N) is 1. The van der Waals surface area contributed by atoms with Gasteiger partial charge in [-0.15, -0.1) is 0 Å². The van der Waals surface area contributed by atoms with Crippen LogP contribution in [0.15, 0.2) is 12.1 Å². The molecular formula is C16H22N2O3. The Morgan fingerprint density at radius 3 is 3.14 bits per heavy atom. The molecule has 3 heterocycles. The van der Waals surface area contributed by atoms with Crippen molar-refractivity contribution in [3.05, 3.63) is 17.7 Å². The second kappa shape index (κ2) is 5.39. The molecule has 2 atom stereocenters. The quantitative estimate of drug-likeness (QED) is 0.916. The van der Waals surface area contributed by atoms with Gasteiger partial charge in [0.15, 0.2) is 11.5 Å². The maximum Gasteiger partial charge on any atom is 0.231 e. The number of hydrogen-bond donors (Lipinski definition) is 1. The van der Waals surface area contributed by atoms with E-state index in [1.54, 1.807) is 7.11 Å². The van der Waals surface area contributed by atoms with Crippen LogP contribution in [0.25, 0.3) is 0 Å². The third-order valence-electron chi connectivity index (χ3n) is 4.80. The maximum atomic E-state index is 5.51. The number of fused-ring (bicyclic) bond motifs is 2. The third kappa shape index (κ3) is 2.45. The largest absolute Gasteiger partial charge is 0.493 e. The summed E-state index contributed by atoms with van der Waals surface area (Å²) in [6.45, 7) is 4.73. The van der Waals surface area contributed by atoms with Gasteiger partial charge in [-0.25, -0.2) is 0 Å². The standard InChI is InChI=1S/C16H22N2O3/c1-19-14-5-11(6-15-16(14)21-10-20-15)7-18-8-12-3-2-4-17-13(12)9-18/h5-6,12-13,17H,2-4,7-10H2,1H3/t12-,13+/m0/s1. The summed E-state index contributed by atoms with van der Waals surface area (Å²) in [4.78, 5) is 2.53. The molecule has 0 amide bonds. The predicted octanol–water partition coefficient (Wildman–Crippen LogP) is 1.61. The van der Waals surface area contributed by atoms with E-state index < -0.39 is 0 Å². The van der Waals surface area contributed by atoms with Gasteiger partial charge in [0, 0.05) is 25.7 Å². The molecule has 0 bridgehead atoms. The number of benzene rings is 1. The molecule has 0 spiro atoms. The summed E-state index contributed by atoms with van der Waals surface area (Å²) >= 11 is 0. The van der Waals surface area contributed by atoms with Gasteiger partial charge < -0.3 is 19.5 Å². The third-order valence-corrected chi connectivity index (χ3v) is 4.80. The van der Waals surface area contributed by atoms with Crippen LogP contribution >= 0.6 is 0 Å². The zero-order chi connectivity index (χ0) is 14.2. The van der Waals surface area contributed by atoms with Gasteiger partial charge in [-0.05, 0) is 43.0 Å². The molecule has 0 aliphatic carbocycles. The first-order valence-corrected chi connectivity index (χ1v) is 7.76.